The van der Waals surface area contributed by atoms with E-state index in [1.807, 2.05) is 12.1 Å². The number of anilines is 1. The summed E-state index contributed by atoms with van der Waals surface area (Å²) in [6.07, 6.45) is 1.29. The molecule has 1 amide bonds. The minimum atomic E-state index is -0.254. The molecule has 0 aliphatic rings. The number of rotatable bonds is 2. The number of nitrogens with one attached hydrogen (secondary N) is 1. The molecule has 92 valence electrons. The highest BCUT2D eigenvalue weighted by Crippen LogP contribution is 2.20. The van der Waals surface area contributed by atoms with Crippen LogP contribution in [-0.4, -0.2) is 15.9 Å². The maximum atomic E-state index is 12.1. The molecule has 2 aromatic rings. The highest BCUT2D eigenvalue weighted by Gasteiger charge is 2.11. The summed E-state index contributed by atoms with van der Waals surface area (Å²) in [6, 6.07) is 7.00. The number of aromatic nitrogens is 2. The van der Waals surface area contributed by atoms with Crippen LogP contribution in [0.25, 0.3) is 0 Å². The smallest absolute Gasteiger partial charge is 0.258 e. The third kappa shape index (κ3) is 3.39. The molecule has 0 bridgehead atoms. The zero-order valence-electron chi connectivity index (χ0n) is 8.82. The van der Waals surface area contributed by atoms with Gasteiger partial charge < -0.3 is 5.32 Å². The lowest BCUT2D eigenvalue weighted by atomic mass is 10.2. The molecule has 0 spiro atoms. The van der Waals surface area contributed by atoms with E-state index < -0.39 is 0 Å². The Labute approximate surface area is 130 Å². The number of benzene rings is 1. The van der Waals surface area contributed by atoms with Crippen LogP contribution in [0.3, 0.4) is 0 Å². The number of carbonyl (C=O) groups excluding carboxylic acids is 1. The summed E-state index contributed by atoms with van der Waals surface area (Å²) in [4.78, 5) is 19.7. The molecule has 0 aliphatic heterocycles. The number of hydrogen-bond donors (Lipinski definition) is 1. The molecule has 1 N–H and O–H groups in total. The molecular weight excluding hydrogens is 432 g/mol. The summed E-state index contributed by atoms with van der Waals surface area (Å²) in [5, 5.41) is 2.94. The van der Waals surface area contributed by atoms with Crippen molar-refractivity contribution in [3.05, 3.63) is 49.4 Å². The molecule has 7 heteroatoms. The predicted molar refractivity (Wildman–Crippen MR) is 81.9 cm³/mol. The Balaban J connectivity index is 2.24. The van der Waals surface area contributed by atoms with Crippen LogP contribution in [0.2, 0.25) is 5.15 Å². The van der Waals surface area contributed by atoms with Gasteiger partial charge in [0.1, 0.15) is 17.3 Å². The maximum Gasteiger partial charge on any atom is 0.258 e. The van der Waals surface area contributed by atoms with Crippen LogP contribution in [-0.2, 0) is 0 Å². The highest BCUT2D eigenvalue weighted by atomic mass is 127. The number of amides is 1. The van der Waals surface area contributed by atoms with E-state index in [4.69, 9.17) is 11.6 Å². The van der Waals surface area contributed by atoms with E-state index >= 15 is 0 Å². The second-order valence-electron chi connectivity index (χ2n) is 3.30. The van der Waals surface area contributed by atoms with E-state index in [0.717, 1.165) is 8.04 Å². The Morgan fingerprint density at radius 2 is 2.11 bits per heavy atom. The Morgan fingerprint density at radius 3 is 2.83 bits per heavy atom. The lowest BCUT2D eigenvalue weighted by molar-refractivity contribution is 0.102. The zero-order chi connectivity index (χ0) is 13.1. The molecule has 1 aromatic carbocycles. The molecular formula is C11H6BrClIN3O. The fourth-order valence-electron chi connectivity index (χ4n) is 1.26. The largest absolute Gasteiger partial charge is 0.306 e. The maximum absolute atomic E-state index is 12.1. The first-order valence-corrected chi connectivity index (χ1v) is 7.05. The summed E-state index contributed by atoms with van der Waals surface area (Å²) < 4.78 is 1.70. The van der Waals surface area contributed by atoms with Crippen molar-refractivity contribution in [1.82, 2.24) is 9.97 Å². The molecule has 0 unspecified atom stereocenters. The van der Waals surface area contributed by atoms with Crippen LogP contribution >= 0.6 is 50.1 Å². The molecule has 0 radical (unpaired) electrons. The van der Waals surface area contributed by atoms with Gasteiger partial charge in [0.15, 0.2) is 0 Å². The Hall–Kier alpha value is -0.730. The van der Waals surface area contributed by atoms with Gasteiger partial charge in [-0.15, -0.1) is 0 Å². The minimum absolute atomic E-state index is 0.254. The molecule has 18 heavy (non-hydrogen) atoms. The Bertz CT molecular complexity index is 609. The monoisotopic (exact) mass is 437 g/mol. The van der Waals surface area contributed by atoms with Gasteiger partial charge in [-0.2, -0.15) is 0 Å². The van der Waals surface area contributed by atoms with Gasteiger partial charge in [0, 0.05) is 14.1 Å². The molecule has 0 saturated heterocycles. The normalized spacial score (nSPS) is 10.2. The van der Waals surface area contributed by atoms with E-state index in [2.05, 4.69) is 53.8 Å². The van der Waals surface area contributed by atoms with Gasteiger partial charge >= 0.3 is 0 Å². The third-order valence-electron chi connectivity index (χ3n) is 2.05. The average molecular weight is 438 g/mol. The van der Waals surface area contributed by atoms with Gasteiger partial charge in [0.2, 0.25) is 0 Å². The predicted octanol–water partition coefficient (Wildman–Crippen LogP) is 3.75. The van der Waals surface area contributed by atoms with Gasteiger partial charge in [-0.3, -0.25) is 4.79 Å². The summed E-state index contributed by atoms with van der Waals surface area (Å²) in [6.45, 7) is 0. The lowest BCUT2D eigenvalue weighted by Crippen LogP contribution is -2.13. The fourth-order valence-corrected chi connectivity index (χ4v) is 2.32. The van der Waals surface area contributed by atoms with Gasteiger partial charge in [-0.25, -0.2) is 9.97 Å². The van der Waals surface area contributed by atoms with Crippen LogP contribution < -0.4 is 5.32 Å². The summed E-state index contributed by atoms with van der Waals surface area (Å²) in [5.41, 5.74) is 0.539. The zero-order valence-corrected chi connectivity index (χ0v) is 13.3. The van der Waals surface area contributed by atoms with Crippen LogP contribution in [0.4, 0.5) is 5.82 Å². The molecule has 1 aromatic heterocycles. The van der Waals surface area contributed by atoms with Crippen LogP contribution in [0.1, 0.15) is 10.4 Å². The second-order valence-corrected chi connectivity index (χ2v) is 5.79. The van der Waals surface area contributed by atoms with Crippen molar-refractivity contribution < 1.29 is 4.79 Å². The summed E-state index contributed by atoms with van der Waals surface area (Å²) >= 11 is 11.2. The van der Waals surface area contributed by atoms with Crippen molar-refractivity contribution >= 4 is 61.8 Å². The molecule has 0 saturated carbocycles. The van der Waals surface area contributed by atoms with E-state index in [1.165, 1.54) is 12.4 Å². The minimum Gasteiger partial charge on any atom is -0.306 e. The van der Waals surface area contributed by atoms with Crippen LogP contribution in [0.15, 0.2) is 35.1 Å². The van der Waals surface area contributed by atoms with Crippen LogP contribution in [0, 0.1) is 3.57 Å². The van der Waals surface area contributed by atoms with Gasteiger partial charge in [-0.05, 0) is 56.7 Å². The quantitative estimate of drug-likeness (QED) is 0.574. The SMILES string of the molecule is O=C(Nc1cc(Cl)ncn1)c1cc(I)ccc1Br. The Kier molecular flexibility index (Phi) is 4.52. The molecule has 1 heterocycles. The first-order chi connectivity index (χ1) is 8.56. The van der Waals surface area contributed by atoms with Crippen molar-refractivity contribution in [3.8, 4) is 0 Å². The number of halogens is 3. The topological polar surface area (TPSA) is 54.9 Å². The van der Waals surface area contributed by atoms with E-state index in [-0.39, 0.29) is 11.1 Å². The van der Waals surface area contributed by atoms with Crippen molar-refractivity contribution in [2.24, 2.45) is 0 Å². The van der Waals surface area contributed by atoms with Crippen molar-refractivity contribution in [1.29, 1.82) is 0 Å². The molecule has 4 nitrogen and oxygen atoms in total. The molecule has 0 aliphatic carbocycles. The van der Waals surface area contributed by atoms with Gasteiger partial charge in [0.05, 0.1) is 5.56 Å². The first-order valence-electron chi connectivity index (χ1n) is 4.80. The van der Waals surface area contributed by atoms with Crippen LogP contribution in [0.5, 0.6) is 0 Å². The van der Waals surface area contributed by atoms with E-state index in [9.17, 15) is 4.79 Å². The summed E-state index contributed by atoms with van der Waals surface area (Å²) in [7, 11) is 0. The molecule has 0 atom stereocenters. The van der Waals surface area contributed by atoms with E-state index in [1.54, 1.807) is 6.07 Å². The van der Waals surface area contributed by atoms with Crippen molar-refractivity contribution in [2.45, 2.75) is 0 Å². The Morgan fingerprint density at radius 1 is 1.33 bits per heavy atom. The van der Waals surface area contributed by atoms with E-state index in [0.29, 0.717) is 11.4 Å². The molecule has 0 fully saturated rings. The lowest BCUT2D eigenvalue weighted by Gasteiger charge is -2.06. The highest BCUT2D eigenvalue weighted by molar-refractivity contribution is 14.1. The second kappa shape index (κ2) is 5.94. The number of hydrogen-bond acceptors (Lipinski definition) is 3. The number of nitrogens with zero attached hydrogens (tertiary/aromatic N) is 2. The van der Waals surface area contributed by atoms with Gasteiger partial charge in [0.25, 0.3) is 5.91 Å². The van der Waals surface area contributed by atoms with Crippen molar-refractivity contribution in [2.75, 3.05) is 5.32 Å². The van der Waals surface area contributed by atoms with Crippen molar-refractivity contribution in [3.63, 3.8) is 0 Å². The third-order valence-corrected chi connectivity index (χ3v) is 3.62. The number of carbonyl (C=O) groups is 1. The van der Waals surface area contributed by atoms with Gasteiger partial charge in [-0.1, -0.05) is 11.6 Å². The average Bonchev–Trinajstić information content (AvgIpc) is 2.32. The summed E-state index contributed by atoms with van der Waals surface area (Å²) in [5.74, 6) is 0.112. The fraction of sp³-hybridized carbons (Fsp3) is 0. The molecule has 2 rings (SSSR count). The first kappa shape index (κ1) is 13.7. The standard InChI is InChI=1S/C11H6BrClIN3O/c12-8-2-1-6(14)3-7(8)11(18)17-10-4-9(13)15-5-16-10/h1-5H,(H,15,16,17,18).